The molecule has 0 unspecified atom stereocenters. The molecule has 1 aromatic carbocycles. The van der Waals surface area contributed by atoms with E-state index in [1.165, 1.54) is 30.0 Å². The summed E-state index contributed by atoms with van der Waals surface area (Å²) in [4.78, 5) is 13.9. The maximum atomic E-state index is 12.9. The molecule has 0 fully saturated rings. The number of benzene rings is 1. The second-order valence-corrected chi connectivity index (χ2v) is 6.07. The monoisotopic (exact) mass is 411 g/mol. The van der Waals surface area contributed by atoms with Crippen molar-refractivity contribution >= 4 is 23.8 Å². The summed E-state index contributed by atoms with van der Waals surface area (Å²) in [7, 11) is 0. The first-order chi connectivity index (χ1) is 13.2. The largest absolute Gasteiger partial charge is 0.416 e. The Balaban J connectivity index is 1.88. The molecule has 8 nitrogen and oxygen atoms in total. The van der Waals surface area contributed by atoms with E-state index in [9.17, 15) is 18.0 Å². The number of alkyl halides is 3. The fourth-order valence-corrected chi connectivity index (χ4v) is 2.57. The Hall–Kier alpha value is -3.21. The van der Waals surface area contributed by atoms with Gasteiger partial charge in [0.25, 0.3) is 5.56 Å². The average molecular weight is 412 g/mol. The third-order valence-electron chi connectivity index (χ3n) is 3.69. The van der Waals surface area contributed by atoms with Crippen LogP contribution in [-0.2, 0) is 6.18 Å². The van der Waals surface area contributed by atoms with E-state index in [4.69, 9.17) is 11.6 Å². The van der Waals surface area contributed by atoms with Crippen LogP contribution in [0.5, 0.6) is 0 Å². The highest BCUT2D eigenvalue weighted by atomic mass is 35.5. The number of nitrogens with one attached hydrogen (secondary N) is 2. The molecule has 0 radical (unpaired) electrons. The van der Waals surface area contributed by atoms with Crippen LogP contribution in [0.3, 0.4) is 0 Å². The zero-order valence-corrected chi connectivity index (χ0v) is 15.3. The van der Waals surface area contributed by atoms with Crippen molar-refractivity contribution in [3.05, 3.63) is 62.3 Å². The zero-order valence-electron chi connectivity index (χ0n) is 14.5. The number of aromatic amines is 1. The standard InChI is InChI=1S/C16H13ClF3N7O/c1-8-12(7-21-24-15-22-14(28)9(2)23-25-15)13(17)27(26-8)11-5-3-4-10(6-11)16(18,19)20/h3-7H,1-2H3,(H2,22,24,25,28)/b21-7+. The maximum Gasteiger partial charge on any atom is 0.416 e. The molecular weight excluding hydrogens is 399 g/mol. The smallest absolute Gasteiger partial charge is 0.288 e. The van der Waals surface area contributed by atoms with Crippen LogP contribution < -0.4 is 11.0 Å². The number of hydrogen-bond acceptors (Lipinski definition) is 6. The highest BCUT2D eigenvalue weighted by molar-refractivity contribution is 6.32. The molecule has 2 N–H and O–H groups in total. The fourth-order valence-electron chi connectivity index (χ4n) is 2.24. The Morgan fingerprint density at radius 1 is 1.25 bits per heavy atom. The van der Waals surface area contributed by atoms with Crippen molar-refractivity contribution in [1.82, 2.24) is 25.0 Å². The quantitative estimate of drug-likeness (QED) is 0.507. The van der Waals surface area contributed by atoms with E-state index in [1.807, 2.05) is 0 Å². The molecule has 2 heterocycles. The summed E-state index contributed by atoms with van der Waals surface area (Å²) in [5.41, 5.74) is 2.45. The van der Waals surface area contributed by atoms with Crippen LogP contribution in [0.25, 0.3) is 5.69 Å². The molecule has 2 aromatic heterocycles. The van der Waals surface area contributed by atoms with E-state index in [2.05, 4.69) is 30.8 Å². The lowest BCUT2D eigenvalue weighted by Gasteiger charge is -2.09. The van der Waals surface area contributed by atoms with Crippen molar-refractivity contribution in [1.29, 1.82) is 0 Å². The molecule has 0 aliphatic carbocycles. The van der Waals surface area contributed by atoms with E-state index in [0.717, 1.165) is 12.1 Å². The summed E-state index contributed by atoms with van der Waals surface area (Å²) < 4.78 is 39.9. The number of H-pyrrole nitrogens is 1. The van der Waals surface area contributed by atoms with Gasteiger partial charge in [0.05, 0.1) is 28.7 Å². The average Bonchev–Trinajstić information content (AvgIpc) is 2.92. The Bertz CT molecular complexity index is 1100. The SMILES string of the molecule is Cc1nn(-c2cccc(C(F)(F)F)c2)c(Cl)c1/C=N/Nc1nnc(C)c(=O)[nH]1. The minimum Gasteiger partial charge on any atom is -0.288 e. The number of rotatable bonds is 4. The lowest BCUT2D eigenvalue weighted by atomic mass is 10.2. The predicted octanol–water partition coefficient (Wildman–Crippen LogP) is 3.09. The highest BCUT2D eigenvalue weighted by Crippen LogP contribution is 2.31. The summed E-state index contributed by atoms with van der Waals surface area (Å²) in [5, 5.41) is 15.5. The topological polar surface area (TPSA) is 101 Å². The van der Waals surface area contributed by atoms with Crippen LogP contribution in [0, 0.1) is 13.8 Å². The highest BCUT2D eigenvalue weighted by Gasteiger charge is 2.30. The van der Waals surface area contributed by atoms with Crippen molar-refractivity contribution in [2.75, 3.05) is 5.43 Å². The number of anilines is 1. The second kappa shape index (κ2) is 7.43. The van der Waals surface area contributed by atoms with Gasteiger partial charge in [0, 0.05) is 0 Å². The van der Waals surface area contributed by atoms with Crippen molar-refractivity contribution in [2.24, 2.45) is 5.10 Å². The molecule has 0 bridgehead atoms. The minimum atomic E-state index is -4.48. The molecule has 0 atom stereocenters. The van der Waals surface area contributed by atoms with Gasteiger partial charge in [-0.1, -0.05) is 17.7 Å². The molecule has 146 valence electrons. The Morgan fingerprint density at radius 2 is 2.00 bits per heavy atom. The van der Waals surface area contributed by atoms with E-state index < -0.39 is 17.3 Å². The maximum absolute atomic E-state index is 12.9. The van der Waals surface area contributed by atoms with E-state index in [-0.39, 0.29) is 22.5 Å². The first kappa shape index (κ1) is 19.5. The minimum absolute atomic E-state index is 0.0193. The number of halogens is 4. The summed E-state index contributed by atoms with van der Waals surface area (Å²) in [6.45, 7) is 3.13. The molecule has 0 saturated heterocycles. The number of nitrogens with zero attached hydrogens (tertiary/aromatic N) is 5. The van der Waals surface area contributed by atoms with Crippen molar-refractivity contribution in [2.45, 2.75) is 20.0 Å². The molecule has 0 spiro atoms. The molecule has 0 aliphatic rings. The van der Waals surface area contributed by atoms with Gasteiger partial charge in [-0.15, -0.1) is 10.2 Å². The number of hydrazone groups is 1. The number of hydrogen-bond donors (Lipinski definition) is 2. The van der Waals surface area contributed by atoms with E-state index >= 15 is 0 Å². The summed E-state index contributed by atoms with van der Waals surface area (Å²) in [6, 6.07) is 4.64. The molecular formula is C16H13ClF3N7O. The summed E-state index contributed by atoms with van der Waals surface area (Å²) in [6.07, 6.45) is -3.17. The predicted molar refractivity (Wildman–Crippen MR) is 96.9 cm³/mol. The van der Waals surface area contributed by atoms with Crippen LogP contribution in [0.4, 0.5) is 19.1 Å². The van der Waals surface area contributed by atoms with Gasteiger partial charge < -0.3 is 0 Å². The van der Waals surface area contributed by atoms with Gasteiger partial charge in [0.1, 0.15) is 10.8 Å². The van der Waals surface area contributed by atoms with Crippen molar-refractivity contribution < 1.29 is 13.2 Å². The normalized spacial score (nSPS) is 11.9. The molecule has 0 aliphatic heterocycles. The van der Waals surface area contributed by atoms with Gasteiger partial charge in [-0.3, -0.25) is 9.78 Å². The Labute approximate surface area is 161 Å². The Morgan fingerprint density at radius 3 is 2.68 bits per heavy atom. The molecule has 3 rings (SSSR count). The van der Waals surface area contributed by atoms with Crippen LogP contribution in [0.2, 0.25) is 5.15 Å². The Kier molecular flexibility index (Phi) is 5.18. The molecule has 0 amide bonds. The number of aromatic nitrogens is 5. The first-order valence-electron chi connectivity index (χ1n) is 7.82. The van der Waals surface area contributed by atoms with Gasteiger partial charge in [-0.05, 0) is 32.0 Å². The fraction of sp³-hybridized carbons (Fsp3) is 0.188. The van der Waals surface area contributed by atoms with Crippen LogP contribution in [-0.4, -0.2) is 31.2 Å². The van der Waals surface area contributed by atoms with Gasteiger partial charge >= 0.3 is 6.18 Å². The molecule has 12 heteroatoms. The summed E-state index contributed by atoms with van der Waals surface area (Å²) in [5.74, 6) is 0.0193. The lowest BCUT2D eigenvalue weighted by molar-refractivity contribution is -0.137. The third-order valence-corrected chi connectivity index (χ3v) is 4.05. The van der Waals surface area contributed by atoms with Gasteiger partial charge in [-0.25, -0.2) is 10.1 Å². The van der Waals surface area contributed by atoms with E-state index in [0.29, 0.717) is 11.3 Å². The van der Waals surface area contributed by atoms with Crippen molar-refractivity contribution in [3.63, 3.8) is 0 Å². The van der Waals surface area contributed by atoms with Gasteiger partial charge in [0.2, 0.25) is 5.95 Å². The van der Waals surface area contributed by atoms with Crippen molar-refractivity contribution in [3.8, 4) is 5.69 Å². The number of aryl methyl sites for hydroxylation is 2. The molecule has 28 heavy (non-hydrogen) atoms. The second-order valence-electron chi connectivity index (χ2n) is 5.71. The first-order valence-corrected chi connectivity index (χ1v) is 8.20. The zero-order chi connectivity index (χ0) is 20.5. The third kappa shape index (κ3) is 4.03. The lowest BCUT2D eigenvalue weighted by Crippen LogP contribution is -2.15. The van der Waals surface area contributed by atoms with Crippen LogP contribution in [0.15, 0.2) is 34.2 Å². The summed E-state index contributed by atoms with van der Waals surface area (Å²) >= 11 is 6.27. The molecule has 3 aromatic rings. The van der Waals surface area contributed by atoms with Gasteiger partial charge in [-0.2, -0.15) is 23.4 Å². The molecule has 0 saturated carbocycles. The van der Waals surface area contributed by atoms with E-state index in [1.54, 1.807) is 6.92 Å². The van der Waals surface area contributed by atoms with Crippen LogP contribution in [0.1, 0.15) is 22.5 Å². The van der Waals surface area contributed by atoms with Crippen LogP contribution >= 0.6 is 11.6 Å². The van der Waals surface area contributed by atoms with Gasteiger partial charge in [0.15, 0.2) is 0 Å².